The van der Waals surface area contributed by atoms with Crippen LogP contribution in [0, 0.1) is 0 Å². The van der Waals surface area contributed by atoms with E-state index in [2.05, 4.69) is 5.32 Å². The van der Waals surface area contributed by atoms with Crippen molar-refractivity contribution in [2.75, 3.05) is 13.2 Å². The van der Waals surface area contributed by atoms with Crippen LogP contribution in [0.5, 0.6) is 0 Å². The first-order valence-electron chi connectivity index (χ1n) is 11.5. The highest BCUT2D eigenvalue weighted by atomic mass is 35.5. The number of aliphatic hydroxyl groups excluding tert-OH is 1. The third-order valence-electron chi connectivity index (χ3n) is 5.84. The molecule has 0 saturated carbocycles. The zero-order chi connectivity index (χ0) is 25.8. The Labute approximate surface area is 215 Å². The van der Waals surface area contributed by atoms with Gasteiger partial charge in [-0.25, -0.2) is 9.18 Å². The zero-order valence-corrected chi connectivity index (χ0v) is 21.5. The van der Waals surface area contributed by atoms with Gasteiger partial charge in [-0.15, -0.1) is 0 Å². The second-order valence-corrected chi connectivity index (χ2v) is 10.7. The molecule has 0 radical (unpaired) electrons. The second-order valence-electron chi connectivity index (χ2n) is 9.59. The van der Waals surface area contributed by atoms with Crippen LogP contribution < -0.4 is 5.32 Å². The SMILES string of the molecule is CC(C)(C)OC(=O)N1CCCC1c1ccc(-c2ccc([C@@H](O)[C@@H](CF)NC(=O)C(Cl)Cl)cc2)cc1. The van der Waals surface area contributed by atoms with Gasteiger partial charge < -0.3 is 20.1 Å². The number of carbonyl (C=O) groups is 2. The van der Waals surface area contributed by atoms with Crippen molar-refractivity contribution >= 4 is 35.2 Å². The van der Waals surface area contributed by atoms with Gasteiger partial charge in [0.25, 0.3) is 5.91 Å². The summed E-state index contributed by atoms with van der Waals surface area (Å²) >= 11 is 11.0. The molecule has 1 aliphatic heterocycles. The summed E-state index contributed by atoms with van der Waals surface area (Å²) in [5, 5.41) is 12.8. The van der Waals surface area contributed by atoms with E-state index in [1.54, 1.807) is 17.0 Å². The summed E-state index contributed by atoms with van der Waals surface area (Å²) in [5.41, 5.74) is 2.82. The van der Waals surface area contributed by atoms with Gasteiger partial charge in [0.05, 0.1) is 12.1 Å². The molecule has 6 nitrogen and oxygen atoms in total. The fourth-order valence-corrected chi connectivity index (χ4v) is 4.23. The van der Waals surface area contributed by atoms with Crippen LogP contribution in [0.4, 0.5) is 9.18 Å². The molecule has 1 heterocycles. The minimum Gasteiger partial charge on any atom is -0.444 e. The third-order valence-corrected chi connectivity index (χ3v) is 6.23. The highest BCUT2D eigenvalue weighted by molar-refractivity contribution is 6.53. The molecule has 3 atom stereocenters. The molecule has 2 N–H and O–H groups in total. The monoisotopic (exact) mass is 524 g/mol. The molecule has 9 heteroatoms. The van der Waals surface area contributed by atoms with Gasteiger partial charge in [-0.2, -0.15) is 0 Å². The van der Waals surface area contributed by atoms with Crippen LogP contribution in [0.3, 0.4) is 0 Å². The van der Waals surface area contributed by atoms with Gasteiger partial charge in [0.15, 0.2) is 4.84 Å². The van der Waals surface area contributed by atoms with Crippen molar-refractivity contribution < 1.29 is 23.8 Å². The van der Waals surface area contributed by atoms with E-state index in [4.69, 9.17) is 27.9 Å². The van der Waals surface area contributed by atoms with Gasteiger partial charge in [-0.3, -0.25) is 4.79 Å². The van der Waals surface area contributed by atoms with E-state index >= 15 is 0 Å². The minimum atomic E-state index is -1.35. The Kier molecular flexibility index (Phi) is 9.02. The number of nitrogens with zero attached hydrogens (tertiary/aromatic N) is 1. The van der Waals surface area contributed by atoms with E-state index in [9.17, 15) is 19.1 Å². The molecule has 35 heavy (non-hydrogen) atoms. The predicted octanol–water partition coefficient (Wildman–Crippen LogP) is 5.72. The topological polar surface area (TPSA) is 78.9 Å². The molecule has 0 aliphatic carbocycles. The minimum absolute atomic E-state index is 0.0233. The Hall–Kier alpha value is -2.35. The number of amides is 2. The molecule has 3 rings (SSSR count). The average molecular weight is 525 g/mol. The molecule has 190 valence electrons. The predicted molar refractivity (Wildman–Crippen MR) is 135 cm³/mol. The highest BCUT2D eigenvalue weighted by Gasteiger charge is 2.33. The maximum atomic E-state index is 13.4. The number of ether oxygens (including phenoxy) is 1. The van der Waals surface area contributed by atoms with E-state index in [1.807, 2.05) is 57.2 Å². The number of likely N-dealkylation sites (tertiary alicyclic amines) is 1. The number of hydrogen-bond donors (Lipinski definition) is 2. The van der Waals surface area contributed by atoms with E-state index in [0.29, 0.717) is 12.1 Å². The molecule has 1 fully saturated rings. The lowest BCUT2D eigenvalue weighted by atomic mass is 9.97. The van der Waals surface area contributed by atoms with Gasteiger partial charge in [-0.05, 0) is 55.9 Å². The normalized spacial score (nSPS) is 17.8. The summed E-state index contributed by atoms with van der Waals surface area (Å²) in [4.78, 5) is 24.7. The van der Waals surface area contributed by atoms with Crippen molar-refractivity contribution in [1.82, 2.24) is 10.2 Å². The van der Waals surface area contributed by atoms with Gasteiger partial charge in [0.1, 0.15) is 18.4 Å². The number of carbonyl (C=O) groups excluding carboxylic acids is 2. The Balaban J connectivity index is 1.69. The number of alkyl halides is 3. The summed E-state index contributed by atoms with van der Waals surface area (Å²) in [6, 6.07) is 13.8. The Morgan fingerprint density at radius 3 is 2.20 bits per heavy atom. The van der Waals surface area contributed by atoms with Crippen LogP contribution in [0.1, 0.15) is 56.9 Å². The van der Waals surface area contributed by atoms with E-state index in [1.165, 1.54) is 0 Å². The fourth-order valence-electron chi connectivity index (χ4n) is 4.10. The number of nitrogens with one attached hydrogen (secondary N) is 1. The van der Waals surface area contributed by atoms with Crippen molar-refractivity contribution in [3.8, 4) is 11.1 Å². The summed E-state index contributed by atoms with van der Waals surface area (Å²) < 4.78 is 19.0. The standard InChI is InChI=1S/C26H31Cl2FN2O4/c1-26(2,3)35-25(34)31-14-4-5-21(31)18-10-6-16(7-11-18)17-8-12-19(13-9-17)22(32)20(15-29)30-24(33)23(27)28/h6-13,20-23,32H,4-5,14-15H2,1-3H3,(H,30,33)/t20-,21?,22-/m1/s1. The maximum absolute atomic E-state index is 13.4. The number of halogens is 3. The van der Waals surface area contributed by atoms with E-state index in [0.717, 1.165) is 29.5 Å². The first-order chi connectivity index (χ1) is 16.5. The molecule has 1 aliphatic rings. The van der Waals surface area contributed by atoms with Crippen LogP contribution in [0.25, 0.3) is 11.1 Å². The Morgan fingerprint density at radius 2 is 1.69 bits per heavy atom. The van der Waals surface area contributed by atoms with Crippen LogP contribution >= 0.6 is 23.2 Å². The number of aliphatic hydroxyl groups is 1. The lowest BCUT2D eigenvalue weighted by molar-refractivity contribution is -0.121. The largest absolute Gasteiger partial charge is 0.444 e. The Bertz CT molecular complexity index is 1010. The molecule has 2 aromatic carbocycles. The van der Waals surface area contributed by atoms with Crippen LogP contribution in [-0.4, -0.2) is 51.7 Å². The molecule has 2 aromatic rings. The summed E-state index contributed by atoms with van der Waals surface area (Å²) in [6.45, 7) is 5.27. The lowest BCUT2D eigenvalue weighted by Crippen LogP contribution is -2.43. The first kappa shape index (κ1) is 27.2. The molecule has 0 spiro atoms. The maximum Gasteiger partial charge on any atom is 0.410 e. The molecule has 0 aromatic heterocycles. The van der Waals surface area contributed by atoms with Crippen molar-refractivity contribution in [3.05, 3.63) is 59.7 Å². The van der Waals surface area contributed by atoms with E-state index in [-0.39, 0.29) is 12.1 Å². The summed E-state index contributed by atoms with van der Waals surface area (Å²) in [6.07, 6.45) is 0.250. The van der Waals surface area contributed by atoms with Crippen molar-refractivity contribution in [3.63, 3.8) is 0 Å². The summed E-state index contributed by atoms with van der Waals surface area (Å²) in [7, 11) is 0. The van der Waals surface area contributed by atoms with Crippen LogP contribution in [0.15, 0.2) is 48.5 Å². The average Bonchev–Trinajstić information content (AvgIpc) is 3.31. The van der Waals surface area contributed by atoms with Crippen molar-refractivity contribution in [2.45, 2.75) is 62.2 Å². The van der Waals surface area contributed by atoms with Gasteiger partial charge >= 0.3 is 6.09 Å². The molecule has 0 bridgehead atoms. The fraction of sp³-hybridized carbons (Fsp3) is 0.462. The van der Waals surface area contributed by atoms with Crippen molar-refractivity contribution in [1.29, 1.82) is 0 Å². The quantitative estimate of drug-likeness (QED) is 0.454. The Morgan fingerprint density at radius 1 is 1.11 bits per heavy atom. The molecule has 1 saturated heterocycles. The van der Waals surface area contributed by atoms with Gasteiger partial charge in [0, 0.05) is 6.54 Å². The van der Waals surface area contributed by atoms with Gasteiger partial charge in [0.2, 0.25) is 0 Å². The van der Waals surface area contributed by atoms with Gasteiger partial charge in [-0.1, -0.05) is 71.7 Å². The molecular formula is C26H31Cl2FN2O4. The first-order valence-corrected chi connectivity index (χ1v) is 12.4. The molecule has 2 amide bonds. The number of rotatable bonds is 7. The number of benzene rings is 2. The smallest absolute Gasteiger partial charge is 0.410 e. The molecule has 1 unspecified atom stereocenters. The van der Waals surface area contributed by atoms with Crippen LogP contribution in [-0.2, 0) is 9.53 Å². The van der Waals surface area contributed by atoms with E-state index < -0.39 is 35.2 Å². The second kappa shape index (κ2) is 11.6. The third kappa shape index (κ3) is 7.09. The lowest BCUT2D eigenvalue weighted by Gasteiger charge is -2.29. The molecular weight excluding hydrogens is 494 g/mol. The highest BCUT2D eigenvalue weighted by Crippen LogP contribution is 2.34. The van der Waals surface area contributed by atoms with Crippen molar-refractivity contribution in [2.24, 2.45) is 0 Å². The number of hydrogen-bond acceptors (Lipinski definition) is 4. The van der Waals surface area contributed by atoms with Crippen LogP contribution in [0.2, 0.25) is 0 Å². The summed E-state index contributed by atoms with van der Waals surface area (Å²) in [5.74, 6) is -0.765. The zero-order valence-electron chi connectivity index (χ0n) is 20.0.